The van der Waals surface area contributed by atoms with Crippen LogP contribution in [0.15, 0.2) is 243 Å². The van der Waals surface area contributed by atoms with Crippen molar-refractivity contribution < 1.29 is 0 Å². The molecule has 0 aliphatic rings. The molecule has 4 heteroatoms. The van der Waals surface area contributed by atoms with Gasteiger partial charge in [0.1, 0.15) is 0 Å². The highest BCUT2D eigenvalue weighted by Gasteiger charge is 2.19. The van der Waals surface area contributed by atoms with Crippen LogP contribution >= 0.6 is 0 Å². The van der Waals surface area contributed by atoms with Gasteiger partial charge in [-0.05, 0) is 68.4 Å². The Morgan fingerprint density at radius 3 is 1.14 bits per heavy atom. The van der Waals surface area contributed by atoms with Crippen molar-refractivity contribution in [1.82, 2.24) is 19.9 Å². The van der Waals surface area contributed by atoms with Crippen LogP contribution in [0.25, 0.3) is 112 Å². The molecule has 0 fully saturated rings. The van der Waals surface area contributed by atoms with Crippen LogP contribution in [0.4, 0.5) is 0 Å². The Labute approximate surface area is 373 Å². The molecule has 4 nitrogen and oxygen atoms in total. The molecule has 0 saturated carbocycles. The van der Waals surface area contributed by atoms with Crippen molar-refractivity contribution in [2.45, 2.75) is 0 Å². The Morgan fingerprint density at radius 2 is 0.578 bits per heavy atom. The summed E-state index contributed by atoms with van der Waals surface area (Å²) in [5, 5.41) is 2.40. The van der Waals surface area contributed by atoms with E-state index in [1.807, 2.05) is 48.5 Å². The molecule has 0 spiro atoms. The number of benzene rings is 9. The maximum Gasteiger partial charge on any atom is 0.160 e. The van der Waals surface area contributed by atoms with E-state index in [4.69, 9.17) is 19.9 Å². The van der Waals surface area contributed by atoms with Gasteiger partial charge in [-0.15, -0.1) is 0 Å². The molecule has 2 heterocycles. The fraction of sp³-hybridized carbons (Fsp3) is 0. The molecule has 0 bridgehead atoms. The molecule has 64 heavy (non-hydrogen) atoms. The highest BCUT2D eigenvalue weighted by molar-refractivity contribution is 6.04. The molecule has 0 N–H and O–H groups in total. The van der Waals surface area contributed by atoms with Crippen LogP contribution in [0.1, 0.15) is 0 Å². The fourth-order valence-corrected chi connectivity index (χ4v) is 8.61. The van der Waals surface area contributed by atoms with Gasteiger partial charge in [-0.3, -0.25) is 0 Å². The second-order valence-electron chi connectivity index (χ2n) is 15.8. The summed E-state index contributed by atoms with van der Waals surface area (Å²) in [4.78, 5) is 20.5. The van der Waals surface area contributed by atoms with Crippen molar-refractivity contribution in [3.8, 4) is 101 Å². The van der Waals surface area contributed by atoms with Crippen LogP contribution in [0.3, 0.4) is 0 Å². The summed E-state index contributed by atoms with van der Waals surface area (Å²) in [7, 11) is 0. The minimum atomic E-state index is 0.687. The molecule has 0 saturated heterocycles. The molecule has 2 aromatic heterocycles. The predicted molar refractivity (Wildman–Crippen MR) is 264 cm³/mol. The summed E-state index contributed by atoms with van der Waals surface area (Å²) in [5.74, 6) is 1.37. The van der Waals surface area contributed by atoms with E-state index in [9.17, 15) is 0 Å². The van der Waals surface area contributed by atoms with Gasteiger partial charge in [0.05, 0.1) is 22.8 Å². The Bertz CT molecular complexity index is 3300. The zero-order valence-corrected chi connectivity index (χ0v) is 34.9. The van der Waals surface area contributed by atoms with Crippen molar-refractivity contribution in [2.75, 3.05) is 0 Å². The molecular weight excluding hydrogens is 777 g/mol. The summed E-state index contributed by atoms with van der Waals surface area (Å²) in [5.41, 5.74) is 16.2. The van der Waals surface area contributed by atoms with Crippen molar-refractivity contribution in [1.29, 1.82) is 0 Å². The summed E-state index contributed by atoms with van der Waals surface area (Å²) >= 11 is 0. The van der Waals surface area contributed by atoms with Gasteiger partial charge < -0.3 is 0 Å². The van der Waals surface area contributed by atoms with Crippen molar-refractivity contribution >= 4 is 10.8 Å². The highest BCUT2D eigenvalue weighted by atomic mass is 14.9. The molecular formula is C60H40N4. The Balaban J connectivity index is 1.10. The van der Waals surface area contributed by atoms with E-state index in [1.54, 1.807) is 0 Å². The molecule has 11 rings (SSSR count). The quantitative estimate of drug-likeness (QED) is 0.146. The van der Waals surface area contributed by atoms with Gasteiger partial charge in [-0.25, -0.2) is 19.9 Å². The lowest BCUT2D eigenvalue weighted by Crippen LogP contribution is -1.97. The van der Waals surface area contributed by atoms with Gasteiger partial charge in [-0.1, -0.05) is 218 Å². The maximum atomic E-state index is 5.22. The van der Waals surface area contributed by atoms with E-state index in [0.29, 0.717) is 11.6 Å². The largest absolute Gasteiger partial charge is 0.228 e. The molecule has 300 valence electrons. The Morgan fingerprint density at radius 1 is 0.219 bits per heavy atom. The molecule has 0 aliphatic heterocycles. The normalized spacial score (nSPS) is 11.1. The molecule has 0 aliphatic carbocycles. The predicted octanol–water partition coefficient (Wildman–Crippen LogP) is 15.4. The monoisotopic (exact) mass is 816 g/mol. The van der Waals surface area contributed by atoms with E-state index in [-0.39, 0.29) is 0 Å². The van der Waals surface area contributed by atoms with Crippen LogP contribution in [0, 0.1) is 0 Å². The molecule has 0 unspecified atom stereocenters. The zero-order chi connectivity index (χ0) is 42.7. The van der Waals surface area contributed by atoms with Gasteiger partial charge in [0, 0.05) is 33.4 Å². The lowest BCUT2D eigenvalue weighted by atomic mass is 9.85. The second kappa shape index (κ2) is 17.0. The number of hydrogen-bond donors (Lipinski definition) is 0. The third kappa shape index (κ3) is 7.65. The first kappa shape index (κ1) is 38.3. The zero-order valence-electron chi connectivity index (χ0n) is 34.9. The topological polar surface area (TPSA) is 51.6 Å². The smallest absolute Gasteiger partial charge is 0.160 e. The fourth-order valence-electron chi connectivity index (χ4n) is 8.61. The molecule has 0 amide bonds. The van der Waals surface area contributed by atoms with Crippen LogP contribution in [0.5, 0.6) is 0 Å². The second-order valence-corrected chi connectivity index (χ2v) is 15.8. The Hall–Kier alpha value is -8.60. The highest BCUT2D eigenvalue weighted by Crippen LogP contribution is 2.44. The van der Waals surface area contributed by atoms with E-state index >= 15 is 0 Å². The first-order valence-electron chi connectivity index (χ1n) is 21.5. The third-order valence-electron chi connectivity index (χ3n) is 11.7. The van der Waals surface area contributed by atoms with Crippen molar-refractivity contribution in [3.05, 3.63) is 243 Å². The summed E-state index contributed by atoms with van der Waals surface area (Å²) in [6.45, 7) is 0. The number of aromatic nitrogens is 4. The summed E-state index contributed by atoms with van der Waals surface area (Å²) in [6, 6.07) is 84.8. The molecule has 11 aromatic rings. The van der Waals surface area contributed by atoms with E-state index in [0.717, 1.165) is 84.0 Å². The van der Waals surface area contributed by atoms with Crippen LogP contribution in [-0.2, 0) is 0 Å². The average molecular weight is 817 g/mol. The molecule has 0 atom stereocenters. The average Bonchev–Trinajstić information content (AvgIpc) is 3.39. The maximum absolute atomic E-state index is 5.22. The lowest BCUT2D eigenvalue weighted by Gasteiger charge is -2.19. The first-order chi connectivity index (χ1) is 31.7. The van der Waals surface area contributed by atoms with Gasteiger partial charge in [-0.2, -0.15) is 0 Å². The van der Waals surface area contributed by atoms with Crippen molar-refractivity contribution in [2.24, 2.45) is 0 Å². The van der Waals surface area contributed by atoms with E-state index in [1.165, 1.54) is 16.3 Å². The first-order valence-corrected chi connectivity index (χ1v) is 21.5. The number of nitrogens with zero attached hydrogens (tertiary/aromatic N) is 4. The van der Waals surface area contributed by atoms with Crippen LogP contribution in [-0.4, -0.2) is 19.9 Å². The third-order valence-corrected chi connectivity index (χ3v) is 11.7. The molecule has 9 aromatic carbocycles. The molecule has 0 radical (unpaired) electrons. The SMILES string of the molecule is c1ccc(-c2cc(-c3cccc(-c4cccc(-c5cccc6ccccc56)c4-c4cccc(-c5cc(-c6ccccc6)nc(-c6ccccc6)n5)c4)c3)nc(-c3ccccc3)n2)cc1. The van der Waals surface area contributed by atoms with E-state index < -0.39 is 0 Å². The van der Waals surface area contributed by atoms with Gasteiger partial charge in [0.25, 0.3) is 0 Å². The minimum absolute atomic E-state index is 0.687. The van der Waals surface area contributed by atoms with Crippen LogP contribution < -0.4 is 0 Å². The number of fused-ring (bicyclic) bond motifs is 1. The number of hydrogen-bond acceptors (Lipinski definition) is 4. The van der Waals surface area contributed by atoms with Gasteiger partial charge in [0.2, 0.25) is 0 Å². The standard InChI is InChI=1S/C60H40N4/c1-5-20-42(21-6-1)54-39-56(63-59(61-54)44-24-9-3-10-25-44)47-30-15-29-46(37-47)51-34-18-36-53(52-35-17-28-41-19-13-14-33-50(41)52)58(51)49-32-16-31-48(38-49)57-40-55(43-22-7-2-8-23-43)62-60(64-57)45-26-11-4-12-27-45/h1-40H. The van der Waals surface area contributed by atoms with Crippen molar-refractivity contribution in [3.63, 3.8) is 0 Å². The number of rotatable bonds is 9. The van der Waals surface area contributed by atoms with Gasteiger partial charge in [0.15, 0.2) is 11.6 Å². The minimum Gasteiger partial charge on any atom is -0.228 e. The van der Waals surface area contributed by atoms with Gasteiger partial charge >= 0.3 is 0 Å². The Kier molecular flexibility index (Phi) is 10.2. The van der Waals surface area contributed by atoms with Crippen LogP contribution in [0.2, 0.25) is 0 Å². The summed E-state index contributed by atoms with van der Waals surface area (Å²) in [6.07, 6.45) is 0. The summed E-state index contributed by atoms with van der Waals surface area (Å²) < 4.78 is 0. The lowest BCUT2D eigenvalue weighted by molar-refractivity contribution is 1.18. The van der Waals surface area contributed by atoms with E-state index in [2.05, 4.69) is 194 Å².